The Bertz CT molecular complexity index is 520. The molecule has 0 aliphatic heterocycles. The van der Waals surface area contributed by atoms with Crippen molar-refractivity contribution in [3.05, 3.63) is 35.9 Å². The molecule has 160 valence electrons. The van der Waals surface area contributed by atoms with Crippen LogP contribution in [0.3, 0.4) is 0 Å². The van der Waals surface area contributed by atoms with Crippen LogP contribution in [0.1, 0.15) is 73.3 Å². The molecule has 1 aromatic rings. The van der Waals surface area contributed by atoms with Crippen LogP contribution in [0.2, 0.25) is 16.6 Å². The lowest BCUT2D eigenvalue weighted by molar-refractivity contribution is -0.116. The minimum atomic E-state index is -1.78. The van der Waals surface area contributed by atoms with Crippen molar-refractivity contribution in [2.45, 2.75) is 97.1 Å². The summed E-state index contributed by atoms with van der Waals surface area (Å²) in [5.74, 6) is -0.0833. The smallest absolute Gasteiger partial charge is 0.200 e. The lowest BCUT2D eigenvalue weighted by Gasteiger charge is -2.42. The standard InChI is InChI=1S/C24H42O3Si/c1-19(2)28(20(3)4,21(5)6)27-16-12-11-15-24(22(7)17-25)26-18-23-13-9-8-10-14-23/h8-10,13-14,17,19-22,24H,11-12,15-16,18H2,1-7H3/t22-,24-/m1/s1. The highest BCUT2D eigenvalue weighted by Crippen LogP contribution is 2.42. The molecule has 0 saturated heterocycles. The van der Waals surface area contributed by atoms with Crippen molar-refractivity contribution in [3.8, 4) is 0 Å². The molecule has 0 N–H and O–H groups in total. The predicted octanol–water partition coefficient (Wildman–Crippen LogP) is 6.77. The molecule has 1 rings (SSSR count). The van der Waals surface area contributed by atoms with Gasteiger partial charge in [-0.2, -0.15) is 0 Å². The van der Waals surface area contributed by atoms with Crippen molar-refractivity contribution >= 4 is 14.6 Å². The van der Waals surface area contributed by atoms with Gasteiger partial charge in [0.05, 0.1) is 12.7 Å². The molecule has 4 heteroatoms. The van der Waals surface area contributed by atoms with Crippen LogP contribution in [-0.2, 0) is 20.6 Å². The summed E-state index contributed by atoms with van der Waals surface area (Å²) in [7, 11) is -1.78. The van der Waals surface area contributed by atoms with E-state index in [1.165, 1.54) is 0 Å². The van der Waals surface area contributed by atoms with Crippen molar-refractivity contribution in [2.24, 2.45) is 5.92 Å². The number of benzene rings is 1. The van der Waals surface area contributed by atoms with Gasteiger partial charge >= 0.3 is 0 Å². The first-order valence-corrected chi connectivity index (χ1v) is 13.1. The van der Waals surface area contributed by atoms with Gasteiger partial charge in [-0.25, -0.2) is 0 Å². The molecular weight excluding hydrogens is 364 g/mol. The van der Waals surface area contributed by atoms with Gasteiger partial charge in [0.25, 0.3) is 0 Å². The summed E-state index contributed by atoms with van der Waals surface area (Å²) in [5, 5.41) is 0. The Morgan fingerprint density at radius 3 is 1.96 bits per heavy atom. The van der Waals surface area contributed by atoms with Crippen molar-refractivity contribution in [2.75, 3.05) is 6.61 Å². The van der Waals surface area contributed by atoms with E-state index >= 15 is 0 Å². The molecule has 0 bridgehead atoms. The molecule has 0 aliphatic rings. The molecule has 0 aliphatic carbocycles. The Hall–Kier alpha value is -0.973. The molecule has 0 heterocycles. The number of hydrogen-bond donors (Lipinski definition) is 0. The van der Waals surface area contributed by atoms with E-state index in [9.17, 15) is 4.79 Å². The van der Waals surface area contributed by atoms with Gasteiger partial charge in [-0.15, -0.1) is 0 Å². The maximum Gasteiger partial charge on any atom is 0.200 e. The van der Waals surface area contributed by atoms with Crippen LogP contribution in [0.15, 0.2) is 30.3 Å². The van der Waals surface area contributed by atoms with Gasteiger partial charge in [0.2, 0.25) is 0 Å². The second-order valence-corrected chi connectivity index (χ2v) is 14.5. The predicted molar refractivity (Wildman–Crippen MR) is 121 cm³/mol. The summed E-state index contributed by atoms with van der Waals surface area (Å²) in [4.78, 5) is 11.3. The molecule has 0 aromatic heterocycles. The molecule has 3 nitrogen and oxygen atoms in total. The Balaban J connectivity index is 2.51. The molecule has 1 aromatic carbocycles. The van der Waals surface area contributed by atoms with Crippen molar-refractivity contribution < 1.29 is 14.0 Å². The van der Waals surface area contributed by atoms with E-state index in [0.29, 0.717) is 23.2 Å². The zero-order valence-electron chi connectivity index (χ0n) is 19.1. The monoisotopic (exact) mass is 406 g/mol. The fraction of sp³-hybridized carbons (Fsp3) is 0.708. The molecule has 28 heavy (non-hydrogen) atoms. The van der Waals surface area contributed by atoms with Gasteiger partial charge in [-0.3, -0.25) is 0 Å². The van der Waals surface area contributed by atoms with Crippen molar-refractivity contribution in [3.63, 3.8) is 0 Å². The first-order chi connectivity index (χ1) is 13.3. The molecule has 0 radical (unpaired) electrons. The van der Waals surface area contributed by atoms with Gasteiger partial charge in [0.15, 0.2) is 8.32 Å². The van der Waals surface area contributed by atoms with Gasteiger partial charge in [0, 0.05) is 12.5 Å². The summed E-state index contributed by atoms with van der Waals surface area (Å²) >= 11 is 0. The molecular formula is C24H42O3Si. The lowest BCUT2D eigenvalue weighted by Crippen LogP contribution is -2.47. The van der Waals surface area contributed by atoms with Crippen molar-refractivity contribution in [1.82, 2.24) is 0 Å². The van der Waals surface area contributed by atoms with E-state index in [1.54, 1.807) is 0 Å². The average Bonchev–Trinajstić information content (AvgIpc) is 2.66. The third-order valence-electron chi connectivity index (χ3n) is 6.05. The third-order valence-corrected chi connectivity index (χ3v) is 12.2. The number of hydrogen-bond acceptors (Lipinski definition) is 3. The van der Waals surface area contributed by atoms with E-state index in [2.05, 4.69) is 53.7 Å². The minimum Gasteiger partial charge on any atom is -0.416 e. The van der Waals surface area contributed by atoms with Crippen LogP contribution in [0.4, 0.5) is 0 Å². The Morgan fingerprint density at radius 2 is 1.46 bits per heavy atom. The van der Waals surface area contributed by atoms with Gasteiger partial charge in [-0.05, 0) is 41.4 Å². The Kier molecular flexibility index (Phi) is 11.2. The van der Waals surface area contributed by atoms with E-state index in [4.69, 9.17) is 9.16 Å². The molecule has 0 spiro atoms. The maximum atomic E-state index is 11.3. The summed E-state index contributed by atoms with van der Waals surface area (Å²) in [6.45, 7) is 17.3. The largest absolute Gasteiger partial charge is 0.416 e. The Morgan fingerprint density at radius 1 is 0.893 bits per heavy atom. The Labute approximate surface area is 174 Å². The molecule has 0 saturated carbocycles. The summed E-state index contributed by atoms with van der Waals surface area (Å²) in [6, 6.07) is 10.2. The van der Waals surface area contributed by atoms with Crippen LogP contribution in [-0.4, -0.2) is 27.3 Å². The second kappa shape index (κ2) is 12.6. The SMILES string of the molecule is CC(C)[Si](OCCCC[C@@H](OCc1ccccc1)[C@H](C)C=O)(C(C)C)C(C)C. The highest BCUT2D eigenvalue weighted by atomic mass is 28.4. The normalized spacial score (nSPS) is 14.6. The lowest BCUT2D eigenvalue weighted by atomic mass is 10.0. The van der Waals surface area contributed by atoms with E-state index in [0.717, 1.165) is 37.7 Å². The number of aldehydes is 1. The topological polar surface area (TPSA) is 35.5 Å². The first kappa shape index (κ1) is 25.1. The minimum absolute atomic E-state index is 0.0278. The third kappa shape index (κ3) is 7.13. The zero-order chi connectivity index (χ0) is 21.2. The van der Waals surface area contributed by atoms with Crippen molar-refractivity contribution in [1.29, 1.82) is 0 Å². The molecule has 0 unspecified atom stereocenters. The summed E-state index contributed by atoms with van der Waals surface area (Å²) < 4.78 is 12.7. The highest BCUT2D eigenvalue weighted by molar-refractivity contribution is 6.77. The number of unbranched alkanes of at least 4 members (excludes halogenated alkanes) is 1. The number of rotatable bonds is 14. The van der Waals surface area contributed by atoms with Gasteiger partial charge in [0.1, 0.15) is 6.29 Å². The first-order valence-electron chi connectivity index (χ1n) is 11.0. The zero-order valence-corrected chi connectivity index (χ0v) is 20.1. The van der Waals surface area contributed by atoms with E-state index in [1.807, 2.05) is 25.1 Å². The van der Waals surface area contributed by atoms with Gasteiger partial charge in [-0.1, -0.05) is 78.8 Å². The average molecular weight is 407 g/mol. The molecule has 0 amide bonds. The maximum absolute atomic E-state index is 11.3. The highest BCUT2D eigenvalue weighted by Gasteiger charge is 2.44. The summed E-state index contributed by atoms with van der Waals surface area (Å²) in [5.41, 5.74) is 2.99. The number of carbonyl (C=O) groups excluding carboxylic acids is 1. The van der Waals surface area contributed by atoms with E-state index < -0.39 is 8.32 Å². The molecule has 0 fully saturated rings. The van der Waals surface area contributed by atoms with Crippen LogP contribution in [0, 0.1) is 5.92 Å². The second-order valence-electron chi connectivity index (χ2n) is 8.99. The van der Waals surface area contributed by atoms with Gasteiger partial charge < -0.3 is 14.0 Å². The van der Waals surface area contributed by atoms with Crippen LogP contribution < -0.4 is 0 Å². The van der Waals surface area contributed by atoms with Crippen LogP contribution in [0.25, 0.3) is 0 Å². The van der Waals surface area contributed by atoms with E-state index in [-0.39, 0.29) is 12.0 Å². The van der Waals surface area contributed by atoms with Crippen LogP contribution >= 0.6 is 0 Å². The van der Waals surface area contributed by atoms with Crippen LogP contribution in [0.5, 0.6) is 0 Å². The molecule has 2 atom stereocenters. The quantitative estimate of drug-likeness (QED) is 0.194. The number of ether oxygens (including phenoxy) is 1. The number of carbonyl (C=O) groups is 1. The summed E-state index contributed by atoms with van der Waals surface area (Å²) in [6.07, 6.45) is 3.93. The fourth-order valence-corrected chi connectivity index (χ4v) is 10.1. The fourth-order valence-electron chi connectivity index (χ4n) is 4.56.